The fourth-order valence-corrected chi connectivity index (χ4v) is 0.362. The van der Waals surface area contributed by atoms with Gasteiger partial charge in [0.05, 0.1) is 12.4 Å². The quantitative estimate of drug-likeness (QED) is 0.449. The van der Waals surface area contributed by atoms with Gasteiger partial charge in [-0.25, -0.2) is 0 Å². The van der Waals surface area contributed by atoms with E-state index in [2.05, 4.69) is 4.99 Å². The van der Waals surface area contributed by atoms with Crippen LogP contribution in [0.25, 0.3) is 0 Å². The summed E-state index contributed by atoms with van der Waals surface area (Å²) in [7, 11) is 0. The second kappa shape index (κ2) is 3.32. The maximum absolute atomic E-state index is 10.2. The topological polar surface area (TPSA) is 32.4 Å². The number of hydrogen-bond acceptors (Lipinski definition) is 2. The van der Waals surface area contributed by atoms with Crippen LogP contribution >= 0.6 is 12.4 Å². The van der Waals surface area contributed by atoms with E-state index in [-0.39, 0.29) is 12.4 Å². The summed E-state index contributed by atoms with van der Waals surface area (Å²) in [6, 6.07) is 0. The molecule has 1 rings (SSSR count). The first-order valence-electron chi connectivity index (χ1n) is 2.01. The van der Waals surface area contributed by atoms with E-state index in [0.717, 1.165) is 4.76 Å². The van der Waals surface area contributed by atoms with Crippen molar-refractivity contribution in [2.45, 2.75) is 0 Å². The van der Waals surface area contributed by atoms with Gasteiger partial charge in [0.15, 0.2) is 0 Å². The summed E-state index contributed by atoms with van der Waals surface area (Å²) in [4.78, 5) is 13.9. The van der Waals surface area contributed by atoms with Crippen molar-refractivity contribution in [1.82, 2.24) is 0 Å². The normalized spacial score (nSPS) is 15.8. The van der Waals surface area contributed by atoms with Crippen molar-refractivity contribution in [2.75, 3.05) is 6.54 Å². The van der Waals surface area contributed by atoms with Gasteiger partial charge in [-0.1, -0.05) is 0 Å². The molecule has 0 bridgehead atoms. The molecule has 0 radical (unpaired) electrons. The molecule has 8 heavy (non-hydrogen) atoms. The Balaban J connectivity index is 0.000000490. The monoisotopic (exact) mass is 133 g/mol. The predicted octanol–water partition coefficient (Wildman–Crippen LogP) is 0.743. The molecule has 44 valence electrons. The summed E-state index contributed by atoms with van der Waals surface area (Å²) in [5, 5.41) is 0. The average Bonchev–Trinajstić information content (AvgIpc) is 1.69. The Morgan fingerprint density at radius 2 is 2.38 bits per heavy atom. The van der Waals surface area contributed by atoms with Crippen LogP contribution in [-0.2, 0) is 0 Å². The molecule has 0 spiro atoms. The molecule has 0 aliphatic carbocycles. The van der Waals surface area contributed by atoms with Crippen molar-refractivity contribution in [1.29, 1.82) is 0 Å². The summed E-state index contributed by atoms with van der Waals surface area (Å²) in [6.07, 6.45) is 4.42. The van der Waals surface area contributed by atoms with Gasteiger partial charge in [0.2, 0.25) is 12.7 Å². The second-order valence-corrected chi connectivity index (χ2v) is 1.23. The van der Waals surface area contributed by atoms with Crippen molar-refractivity contribution in [3.63, 3.8) is 0 Å². The fourth-order valence-electron chi connectivity index (χ4n) is 0.362. The molecule has 0 amide bonds. The molecule has 0 saturated carbocycles. The molecule has 1 heterocycles. The number of rotatable bonds is 0. The van der Waals surface area contributed by atoms with Crippen LogP contribution in [0, 0.1) is 4.91 Å². The van der Waals surface area contributed by atoms with E-state index in [9.17, 15) is 4.91 Å². The summed E-state index contributed by atoms with van der Waals surface area (Å²) in [6.45, 7) is 0.385. The van der Waals surface area contributed by atoms with Gasteiger partial charge in [0.1, 0.15) is 0 Å². The number of hydrogen-bond donors (Lipinski definition) is 0. The molecule has 0 unspecified atom stereocenters. The van der Waals surface area contributed by atoms with E-state index < -0.39 is 0 Å². The van der Waals surface area contributed by atoms with E-state index in [0.29, 0.717) is 6.54 Å². The SMILES string of the molecule is Cl.O=[N+]1C=CN=CC1. The van der Waals surface area contributed by atoms with Crippen LogP contribution in [0.1, 0.15) is 0 Å². The lowest BCUT2D eigenvalue weighted by molar-refractivity contribution is -0.462. The summed E-state index contributed by atoms with van der Waals surface area (Å²) in [5.74, 6) is 0. The molecule has 4 heteroatoms. The van der Waals surface area contributed by atoms with Gasteiger partial charge in [-0.05, 0) is 0 Å². The lowest BCUT2D eigenvalue weighted by atomic mass is 10.6. The Hall–Kier alpha value is -0.700. The van der Waals surface area contributed by atoms with Gasteiger partial charge in [-0.2, -0.15) is 0 Å². The van der Waals surface area contributed by atoms with Gasteiger partial charge < -0.3 is 0 Å². The number of halogens is 1. The molecule has 0 aromatic carbocycles. The third-order valence-electron chi connectivity index (χ3n) is 0.686. The molecule has 0 N–H and O–H groups in total. The van der Waals surface area contributed by atoms with Gasteiger partial charge in [0.25, 0.3) is 0 Å². The van der Waals surface area contributed by atoms with E-state index in [1.165, 1.54) is 12.4 Å². The number of nitroso groups, excluding NO2 is 1. The molecule has 3 nitrogen and oxygen atoms in total. The maximum Gasteiger partial charge on any atom is 0.239 e. The number of nitrogens with zero attached hydrogens (tertiary/aromatic N) is 2. The van der Waals surface area contributed by atoms with Crippen LogP contribution < -0.4 is 0 Å². The first-order chi connectivity index (χ1) is 3.39. The minimum atomic E-state index is 0. The summed E-state index contributed by atoms with van der Waals surface area (Å²) < 4.78 is 0.812. The Kier molecular flexibility index (Phi) is 3.03. The third-order valence-corrected chi connectivity index (χ3v) is 0.686. The van der Waals surface area contributed by atoms with Crippen molar-refractivity contribution in [3.05, 3.63) is 17.3 Å². The summed E-state index contributed by atoms with van der Waals surface area (Å²) >= 11 is 0. The first-order valence-corrected chi connectivity index (χ1v) is 2.01. The van der Waals surface area contributed by atoms with Gasteiger partial charge in [-0.15, -0.1) is 12.4 Å². The Labute approximate surface area is 53.1 Å². The van der Waals surface area contributed by atoms with E-state index in [4.69, 9.17) is 0 Å². The zero-order valence-corrected chi connectivity index (χ0v) is 4.97. The third kappa shape index (κ3) is 1.84. The van der Waals surface area contributed by atoms with Crippen LogP contribution in [0.5, 0.6) is 0 Å². The van der Waals surface area contributed by atoms with Crippen LogP contribution in [0.3, 0.4) is 0 Å². The van der Waals surface area contributed by atoms with Gasteiger partial charge >= 0.3 is 0 Å². The van der Waals surface area contributed by atoms with Crippen molar-refractivity contribution >= 4 is 18.6 Å². The smallest absolute Gasteiger partial charge is 0.239 e. The molecule has 0 saturated heterocycles. The Morgan fingerprint density at radius 1 is 1.62 bits per heavy atom. The molecule has 0 atom stereocenters. The second-order valence-electron chi connectivity index (χ2n) is 1.23. The predicted molar refractivity (Wildman–Crippen MR) is 33.4 cm³/mol. The standard InChI is InChI=1S/C4H5N2O.ClH/c7-6-3-1-5-2-4-6;/h1-3H,4H2;1H/q+1;. The van der Waals surface area contributed by atoms with Crippen LogP contribution in [0.15, 0.2) is 17.4 Å². The highest BCUT2D eigenvalue weighted by Crippen LogP contribution is 1.82. The number of aliphatic imine (C=N–C) groups is 1. The highest BCUT2D eigenvalue weighted by molar-refractivity contribution is 5.85. The molecule has 0 aromatic heterocycles. The lowest BCUT2D eigenvalue weighted by Crippen LogP contribution is -2.04. The van der Waals surface area contributed by atoms with Crippen molar-refractivity contribution < 1.29 is 4.76 Å². The van der Waals surface area contributed by atoms with Crippen LogP contribution in [0.4, 0.5) is 0 Å². The highest BCUT2D eigenvalue weighted by Gasteiger charge is 2.00. The van der Waals surface area contributed by atoms with E-state index in [1.807, 2.05) is 0 Å². The maximum atomic E-state index is 10.2. The zero-order valence-electron chi connectivity index (χ0n) is 4.15. The fraction of sp³-hybridized carbons (Fsp3) is 0.250. The van der Waals surface area contributed by atoms with Crippen LogP contribution in [0.2, 0.25) is 0 Å². The molecule has 1 aliphatic heterocycles. The first kappa shape index (κ1) is 7.30. The molecular formula is C4H6ClN2O+. The average molecular weight is 134 g/mol. The molecule has 0 fully saturated rings. The van der Waals surface area contributed by atoms with Crippen LogP contribution in [-0.4, -0.2) is 17.5 Å². The minimum Gasteiger partial charge on any atom is -0.256 e. The van der Waals surface area contributed by atoms with Crippen molar-refractivity contribution in [2.24, 2.45) is 4.99 Å². The molecular weight excluding hydrogens is 128 g/mol. The molecule has 0 aromatic rings. The van der Waals surface area contributed by atoms with Crippen molar-refractivity contribution in [3.8, 4) is 0 Å². The Morgan fingerprint density at radius 3 is 2.62 bits per heavy atom. The highest BCUT2D eigenvalue weighted by atomic mass is 35.5. The van der Waals surface area contributed by atoms with Gasteiger partial charge in [0, 0.05) is 9.67 Å². The van der Waals surface area contributed by atoms with Gasteiger partial charge in [-0.3, -0.25) is 4.99 Å². The lowest BCUT2D eigenvalue weighted by Gasteiger charge is -1.81. The van der Waals surface area contributed by atoms with E-state index in [1.54, 1.807) is 6.21 Å². The Bertz CT molecular complexity index is 141. The largest absolute Gasteiger partial charge is 0.256 e. The molecule has 1 aliphatic rings. The van der Waals surface area contributed by atoms with E-state index >= 15 is 0 Å². The zero-order chi connectivity index (χ0) is 5.11. The summed E-state index contributed by atoms with van der Waals surface area (Å²) in [5.41, 5.74) is 0. The minimum absolute atomic E-state index is 0.